The molecule has 3 aliphatic rings. The van der Waals surface area contributed by atoms with E-state index >= 15 is 0 Å². The minimum atomic E-state index is -1.47. The first-order valence-electron chi connectivity index (χ1n) is 21.4. The molecule has 1 aliphatic heterocycles. The molecule has 12 nitrogen and oxygen atoms in total. The highest BCUT2D eigenvalue weighted by Gasteiger charge is 2.65. The SMILES string of the molecule is C=CCO[C@@]12Oc3ccc(Oc4ccc(SC)cc4)cc3[C@H]3[C@H](CCCCO)[C@@H](CCCCO)C=C(C(=NOCC)C[C@@H]1N(CCOCCO)C(=O)c1ccc(C#N)cc1)[C@H]32. The van der Waals surface area contributed by atoms with Crippen molar-refractivity contribution in [3.63, 3.8) is 0 Å². The molecule has 1 heterocycles. The quantitative estimate of drug-likeness (QED) is 0.0368. The van der Waals surface area contributed by atoms with E-state index in [2.05, 4.69) is 24.8 Å². The minimum absolute atomic E-state index is 0.0344. The van der Waals surface area contributed by atoms with Gasteiger partial charge in [-0.2, -0.15) is 5.26 Å². The summed E-state index contributed by atoms with van der Waals surface area (Å²) in [4.78, 5) is 23.7. The van der Waals surface area contributed by atoms with Gasteiger partial charge in [-0.1, -0.05) is 30.1 Å². The molecule has 3 aromatic rings. The molecule has 326 valence electrons. The van der Waals surface area contributed by atoms with Crippen molar-refractivity contribution in [1.29, 1.82) is 5.26 Å². The summed E-state index contributed by atoms with van der Waals surface area (Å²) in [6.07, 6.45) is 10.8. The largest absolute Gasteiger partial charge is 0.459 e. The first-order valence-corrected chi connectivity index (χ1v) is 22.6. The number of rotatable bonds is 23. The van der Waals surface area contributed by atoms with Gasteiger partial charge in [0.25, 0.3) is 5.91 Å². The van der Waals surface area contributed by atoms with Gasteiger partial charge in [0.15, 0.2) is 0 Å². The number of oxime groups is 1. The summed E-state index contributed by atoms with van der Waals surface area (Å²) in [7, 11) is 0. The molecule has 2 aliphatic carbocycles. The number of aliphatic hydroxyl groups excluding tert-OH is 3. The average molecular weight is 854 g/mol. The number of thioether (sulfide) groups is 1. The Labute approximate surface area is 363 Å². The van der Waals surface area contributed by atoms with Crippen molar-refractivity contribution in [2.75, 3.05) is 59.0 Å². The fourth-order valence-electron chi connectivity index (χ4n) is 9.22. The van der Waals surface area contributed by atoms with E-state index in [0.717, 1.165) is 41.7 Å². The lowest BCUT2D eigenvalue weighted by molar-refractivity contribution is -0.254. The smallest absolute Gasteiger partial charge is 0.254 e. The Bertz CT molecular complexity index is 2020. The Balaban J connectivity index is 1.58. The van der Waals surface area contributed by atoms with Crippen molar-refractivity contribution < 1.29 is 43.9 Å². The number of nitriles is 1. The molecule has 0 aromatic heterocycles. The number of carbonyl (C=O) groups is 1. The molecule has 3 N–H and O–H groups in total. The number of allylic oxidation sites excluding steroid dienone is 1. The number of unbranched alkanes of at least 4 members (excludes halogenated alkanes) is 2. The van der Waals surface area contributed by atoms with Crippen LogP contribution in [0, 0.1) is 29.1 Å². The molecular formula is C48H59N3O9S. The Morgan fingerprint density at radius 1 is 1.00 bits per heavy atom. The highest BCUT2D eigenvalue weighted by molar-refractivity contribution is 7.98. The van der Waals surface area contributed by atoms with Crippen LogP contribution in [-0.2, 0) is 14.3 Å². The zero-order valence-electron chi connectivity index (χ0n) is 35.2. The van der Waals surface area contributed by atoms with Gasteiger partial charge in [0.1, 0.15) is 29.9 Å². The van der Waals surface area contributed by atoms with Gasteiger partial charge in [-0.15, -0.1) is 18.3 Å². The molecular weight excluding hydrogens is 795 g/mol. The van der Waals surface area contributed by atoms with Gasteiger partial charge in [-0.25, -0.2) is 0 Å². The molecule has 1 fully saturated rings. The lowest BCUT2D eigenvalue weighted by Crippen LogP contribution is -2.70. The maximum Gasteiger partial charge on any atom is 0.254 e. The second kappa shape index (κ2) is 22.4. The van der Waals surface area contributed by atoms with Crippen molar-refractivity contribution in [2.45, 2.75) is 74.5 Å². The zero-order valence-corrected chi connectivity index (χ0v) is 36.1. The van der Waals surface area contributed by atoms with E-state index in [1.807, 2.05) is 49.6 Å². The number of aliphatic hydroxyl groups is 3. The van der Waals surface area contributed by atoms with Gasteiger partial charge in [0.2, 0.25) is 5.79 Å². The molecule has 6 atom stereocenters. The van der Waals surface area contributed by atoms with E-state index in [1.54, 1.807) is 47.0 Å². The molecule has 0 radical (unpaired) electrons. The number of nitrogens with zero attached hydrogens (tertiary/aromatic N) is 3. The standard InChI is InChI=1S/C48H59N3O9S/c1-4-26-57-48-44(51(22-27-56-28-25-54)47(55)34-14-12-33(32-49)13-15-34)31-42(50-58-5-2)40-29-35(10-6-8-23-52)39(11-7-9-24-53)45(46(40)48)41-30-37(18-21-43(41)60-48)59-36-16-19-38(61-3)20-17-36/h4,12-21,29-30,35,39,44-46,52-54H,1,5-11,22-28,31H2,2-3H3/t35-,39+,44-,45+,46+,48+/m0/s1. The molecule has 1 saturated carbocycles. The number of benzene rings is 3. The van der Waals surface area contributed by atoms with Crippen LogP contribution in [0.5, 0.6) is 17.2 Å². The Kier molecular flexibility index (Phi) is 16.8. The second-order valence-electron chi connectivity index (χ2n) is 15.5. The van der Waals surface area contributed by atoms with Crippen LogP contribution in [0.15, 0.2) is 101 Å². The van der Waals surface area contributed by atoms with E-state index in [-0.39, 0.29) is 76.3 Å². The third-order valence-corrected chi connectivity index (χ3v) is 12.6. The molecule has 0 unspecified atom stereocenters. The first kappa shape index (κ1) is 45.8. The Morgan fingerprint density at radius 3 is 2.41 bits per heavy atom. The van der Waals surface area contributed by atoms with E-state index in [0.29, 0.717) is 53.5 Å². The molecule has 1 amide bonds. The number of hydrogen-bond donors (Lipinski definition) is 3. The summed E-state index contributed by atoms with van der Waals surface area (Å²) in [5.74, 6) is -0.460. The van der Waals surface area contributed by atoms with E-state index in [9.17, 15) is 25.4 Å². The molecule has 0 spiro atoms. The van der Waals surface area contributed by atoms with Crippen molar-refractivity contribution in [3.8, 4) is 23.3 Å². The van der Waals surface area contributed by atoms with Crippen molar-refractivity contribution in [3.05, 3.63) is 108 Å². The van der Waals surface area contributed by atoms with E-state index in [1.165, 1.54) is 0 Å². The fraction of sp³-hybridized carbons (Fsp3) is 0.479. The normalized spacial score (nSPS) is 23.2. The summed E-state index contributed by atoms with van der Waals surface area (Å²) in [5.41, 5.74) is 3.36. The van der Waals surface area contributed by atoms with Crippen LogP contribution in [-0.4, -0.2) is 103 Å². The summed E-state index contributed by atoms with van der Waals surface area (Å²) >= 11 is 1.66. The molecule has 61 heavy (non-hydrogen) atoms. The Hall–Kier alpha value is -4.68. The summed E-state index contributed by atoms with van der Waals surface area (Å²) in [6.45, 7) is 6.70. The fourth-order valence-corrected chi connectivity index (χ4v) is 9.62. The third-order valence-electron chi connectivity index (χ3n) is 11.9. The van der Waals surface area contributed by atoms with Crippen LogP contribution in [0.1, 0.15) is 79.3 Å². The average Bonchev–Trinajstić information content (AvgIpc) is 3.29. The van der Waals surface area contributed by atoms with E-state index < -0.39 is 17.7 Å². The zero-order chi connectivity index (χ0) is 43.2. The number of fused-ring (bicyclic) bond motifs is 2. The highest BCUT2D eigenvalue weighted by atomic mass is 32.2. The molecule has 13 heteroatoms. The monoisotopic (exact) mass is 853 g/mol. The number of amides is 1. The summed E-state index contributed by atoms with van der Waals surface area (Å²) in [6, 6.07) is 21.7. The molecule has 0 bridgehead atoms. The van der Waals surface area contributed by atoms with Crippen LogP contribution >= 0.6 is 11.8 Å². The van der Waals surface area contributed by atoms with Gasteiger partial charge >= 0.3 is 0 Å². The lowest BCUT2D eigenvalue weighted by atomic mass is 9.55. The van der Waals surface area contributed by atoms with Crippen LogP contribution < -0.4 is 9.47 Å². The number of ether oxygens (including phenoxy) is 4. The van der Waals surface area contributed by atoms with Crippen LogP contribution in [0.3, 0.4) is 0 Å². The van der Waals surface area contributed by atoms with Gasteiger partial charge in [0.05, 0.1) is 49.7 Å². The minimum Gasteiger partial charge on any atom is -0.459 e. The second-order valence-corrected chi connectivity index (χ2v) is 16.4. The van der Waals surface area contributed by atoms with Crippen molar-refractivity contribution in [1.82, 2.24) is 4.90 Å². The van der Waals surface area contributed by atoms with E-state index in [4.69, 9.17) is 28.9 Å². The predicted molar refractivity (Wildman–Crippen MR) is 235 cm³/mol. The highest BCUT2D eigenvalue weighted by Crippen LogP contribution is 2.62. The molecule has 0 saturated heterocycles. The van der Waals surface area contributed by atoms with Crippen molar-refractivity contribution in [2.24, 2.45) is 22.9 Å². The van der Waals surface area contributed by atoms with Crippen LogP contribution in [0.4, 0.5) is 0 Å². The predicted octanol–water partition coefficient (Wildman–Crippen LogP) is 7.88. The van der Waals surface area contributed by atoms with Gasteiger partial charge in [0, 0.05) is 48.1 Å². The molecule has 3 aromatic carbocycles. The van der Waals surface area contributed by atoms with Gasteiger partial charge in [-0.05, 0) is 123 Å². The summed E-state index contributed by atoms with van der Waals surface area (Å²) in [5, 5.41) is 43.7. The molecule has 6 rings (SSSR count). The van der Waals surface area contributed by atoms with Crippen LogP contribution in [0.2, 0.25) is 0 Å². The van der Waals surface area contributed by atoms with Gasteiger partial charge in [-0.3, -0.25) is 4.79 Å². The first-order chi connectivity index (χ1) is 29.9. The maximum absolute atomic E-state index is 15.0. The number of hydrogen-bond acceptors (Lipinski definition) is 12. The maximum atomic E-state index is 15.0. The third kappa shape index (κ3) is 10.5. The Morgan fingerprint density at radius 2 is 1.74 bits per heavy atom. The lowest BCUT2D eigenvalue weighted by Gasteiger charge is -2.60. The van der Waals surface area contributed by atoms with Gasteiger partial charge < -0.3 is 44.0 Å². The van der Waals surface area contributed by atoms with Crippen LogP contribution in [0.25, 0.3) is 0 Å². The van der Waals surface area contributed by atoms with Crippen molar-refractivity contribution >= 4 is 23.4 Å². The topological polar surface area (TPSA) is 163 Å². The summed E-state index contributed by atoms with van der Waals surface area (Å²) < 4.78 is 26.7. The number of carbonyl (C=O) groups excluding carboxylic acids is 1.